The van der Waals surface area contributed by atoms with E-state index >= 15 is 0 Å². The van der Waals surface area contributed by atoms with E-state index in [-0.39, 0.29) is 18.8 Å². The number of carbonyl (C=O) groups excluding carboxylic acids is 1. The minimum absolute atomic E-state index is 0.132. The molecule has 25 heavy (non-hydrogen) atoms. The van der Waals surface area contributed by atoms with Gasteiger partial charge in [-0.2, -0.15) is 0 Å². The number of ether oxygens (including phenoxy) is 3. The molecule has 2 saturated heterocycles. The van der Waals surface area contributed by atoms with Crippen LogP contribution >= 0.6 is 0 Å². The van der Waals surface area contributed by atoms with E-state index in [2.05, 4.69) is 0 Å². The molecule has 2 heterocycles. The van der Waals surface area contributed by atoms with Gasteiger partial charge >= 0.3 is 6.09 Å². The molecule has 1 amide bonds. The summed E-state index contributed by atoms with van der Waals surface area (Å²) in [7, 11) is 0. The van der Waals surface area contributed by atoms with Crippen LogP contribution in [0.15, 0.2) is 30.3 Å². The summed E-state index contributed by atoms with van der Waals surface area (Å²) in [4.78, 5) is 14.1. The minimum Gasteiger partial charge on any atom is -0.445 e. The summed E-state index contributed by atoms with van der Waals surface area (Å²) >= 11 is 0. The van der Waals surface area contributed by atoms with Crippen molar-refractivity contribution >= 4 is 6.09 Å². The Morgan fingerprint density at radius 1 is 1.28 bits per heavy atom. The van der Waals surface area contributed by atoms with Crippen molar-refractivity contribution in [1.82, 2.24) is 4.90 Å². The molecule has 7 heteroatoms. The highest BCUT2D eigenvalue weighted by molar-refractivity contribution is 5.69. The van der Waals surface area contributed by atoms with Gasteiger partial charge < -0.3 is 24.4 Å². The molecule has 2 N–H and O–H groups in total. The molecule has 2 aliphatic heterocycles. The highest BCUT2D eigenvalue weighted by Gasteiger charge is 2.59. The van der Waals surface area contributed by atoms with Crippen molar-refractivity contribution in [2.45, 2.75) is 63.6 Å². The van der Waals surface area contributed by atoms with Crippen LogP contribution in [0.3, 0.4) is 0 Å². The number of hydrogen-bond acceptors (Lipinski definition) is 6. The van der Waals surface area contributed by atoms with Crippen LogP contribution in [0, 0.1) is 0 Å². The Bertz CT molecular complexity index is 607. The molecule has 0 bridgehead atoms. The van der Waals surface area contributed by atoms with E-state index in [0.29, 0.717) is 0 Å². The fourth-order valence-corrected chi connectivity index (χ4v) is 3.64. The number of hydrogen-bond donors (Lipinski definition) is 2. The van der Waals surface area contributed by atoms with Gasteiger partial charge in [0.15, 0.2) is 5.79 Å². The molecule has 0 saturated carbocycles. The Labute approximate surface area is 147 Å². The van der Waals surface area contributed by atoms with E-state index in [1.165, 1.54) is 4.90 Å². The number of amides is 1. The van der Waals surface area contributed by atoms with E-state index in [1.54, 1.807) is 13.8 Å². The summed E-state index contributed by atoms with van der Waals surface area (Å²) in [6.45, 7) is 5.06. The number of aliphatic hydroxyl groups is 2. The summed E-state index contributed by atoms with van der Waals surface area (Å²) in [5.41, 5.74) is 0.871. The number of likely N-dealkylation sites (tertiary alicyclic amines) is 1. The minimum atomic E-state index is -1.14. The Morgan fingerprint density at radius 2 is 1.92 bits per heavy atom. The lowest BCUT2D eigenvalue weighted by molar-refractivity contribution is -0.171. The van der Waals surface area contributed by atoms with Crippen molar-refractivity contribution < 1.29 is 29.2 Å². The van der Waals surface area contributed by atoms with E-state index < -0.39 is 36.7 Å². The standard InChI is InChI=1S/C18H25NO6/c1-11-15-16(25-18(2,3)24-15)14(13(21)9-20)19(11)17(22)23-10-12-7-5-4-6-8-12/h4-8,11,13-16,20-21H,9-10H2,1-3H3/t11-,13+,14-,15+,16-/m0/s1. The summed E-state index contributed by atoms with van der Waals surface area (Å²) < 4.78 is 17.2. The fourth-order valence-electron chi connectivity index (χ4n) is 3.64. The second-order valence-electron chi connectivity index (χ2n) is 6.99. The van der Waals surface area contributed by atoms with Gasteiger partial charge in [-0.1, -0.05) is 30.3 Å². The van der Waals surface area contributed by atoms with Crippen LogP contribution in [0.25, 0.3) is 0 Å². The monoisotopic (exact) mass is 351 g/mol. The first kappa shape index (κ1) is 18.1. The second-order valence-corrected chi connectivity index (χ2v) is 6.99. The lowest BCUT2D eigenvalue weighted by atomic mass is 10.0. The van der Waals surface area contributed by atoms with Gasteiger partial charge in [-0.15, -0.1) is 0 Å². The Kier molecular flexibility index (Phi) is 5.02. The normalized spacial score (nSPS) is 31.6. The first-order chi connectivity index (χ1) is 11.8. The fraction of sp³-hybridized carbons (Fsp3) is 0.611. The zero-order valence-electron chi connectivity index (χ0n) is 14.7. The molecule has 0 radical (unpaired) electrons. The van der Waals surface area contributed by atoms with Gasteiger partial charge in [0.2, 0.25) is 0 Å². The number of fused-ring (bicyclic) bond motifs is 1. The first-order valence-corrected chi connectivity index (χ1v) is 8.47. The van der Waals surface area contributed by atoms with Crippen molar-refractivity contribution in [1.29, 1.82) is 0 Å². The lowest BCUT2D eigenvalue weighted by Crippen LogP contribution is -2.52. The molecule has 0 aromatic heterocycles. The van der Waals surface area contributed by atoms with Crippen LogP contribution in [0.1, 0.15) is 26.3 Å². The summed E-state index contributed by atoms with van der Waals surface area (Å²) in [6.07, 6.45) is -2.60. The molecular formula is C18H25NO6. The highest BCUT2D eigenvalue weighted by atomic mass is 16.8. The van der Waals surface area contributed by atoms with E-state index in [1.807, 2.05) is 37.3 Å². The maximum absolute atomic E-state index is 12.7. The predicted molar refractivity (Wildman–Crippen MR) is 88.6 cm³/mol. The van der Waals surface area contributed by atoms with Crippen LogP contribution in [0.5, 0.6) is 0 Å². The number of nitrogens with zero attached hydrogens (tertiary/aromatic N) is 1. The van der Waals surface area contributed by atoms with E-state index in [0.717, 1.165) is 5.56 Å². The lowest BCUT2D eigenvalue weighted by Gasteiger charge is -2.34. The van der Waals surface area contributed by atoms with Gasteiger partial charge in [-0.25, -0.2) is 4.79 Å². The van der Waals surface area contributed by atoms with E-state index in [9.17, 15) is 15.0 Å². The molecule has 1 aromatic rings. The van der Waals surface area contributed by atoms with Crippen LogP contribution in [-0.4, -0.2) is 64.0 Å². The number of rotatable bonds is 4. The smallest absolute Gasteiger partial charge is 0.410 e. The van der Waals surface area contributed by atoms with Crippen LogP contribution in [-0.2, 0) is 20.8 Å². The van der Waals surface area contributed by atoms with Gasteiger partial charge in [-0.3, -0.25) is 4.90 Å². The maximum atomic E-state index is 12.7. The largest absolute Gasteiger partial charge is 0.445 e. The number of benzene rings is 1. The molecule has 2 fully saturated rings. The van der Waals surface area contributed by atoms with Crippen molar-refractivity contribution in [2.75, 3.05) is 6.61 Å². The van der Waals surface area contributed by atoms with Crippen LogP contribution in [0.4, 0.5) is 4.79 Å². The molecule has 7 nitrogen and oxygen atoms in total. The van der Waals surface area contributed by atoms with Crippen LogP contribution in [0.2, 0.25) is 0 Å². The average Bonchev–Trinajstić information content (AvgIpc) is 3.04. The topological polar surface area (TPSA) is 88.5 Å². The highest BCUT2D eigenvalue weighted by Crippen LogP contribution is 2.41. The third kappa shape index (κ3) is 3.50. The molecular weight excluding hydrogens is 326 g/mol. The van der Waals surface area contributed by atoms with Crippen molar-refractivity contribution in [2.24, 2.45) is 0 Å². The molecule has 5 atom stereocenters. The van der Waals surface area contributed by atoms with Gasteiger partial charge in [0.05, 0.1) is 18.7 Å². The molecule has 0 aliphatic carbocycles. The Morgan fingerprint density at radius 3 is 2.56 bits per heavy atom. The quantitative estimate of drug-likeness (QED) is 0.849. The molecule has 0 unspecified atom stereocenters. The third-order valence-electron chi connectivity index (χ3n) is 4.73. The Hall–Kier alpha value is -1.67. The van der Waals surface area contributed by atoms with Crippen molar-refractivity contribution in [3.05, 3.63) is 35.9 Å². The number of carbonyl (C=O) groups is 1. The zero-order valence-corrected chi connectivity index (χ0v) is 14.7. The van der Waals surface area contributed by atoms with Crippen molar-refractivity contribution in [3.8, 4) is 0 Å². The van der Waals surface area contributed by atoms with Crippen LogP contribution < -0.4 is 0 Å². The molecule has 2 aliphatic rings. The maximum Gasteiger partial charge on any atom is 0.410 e. The van der Waals surface area contributed by atoms with E-state index in [4.69, 9.17) is 14.2 Å². The molecule has 3 rings (SSSR count). The van der Waals surface area contributed by atoms with Gasteiger partial charge in [-0.05, 0) is 26.3 Å². The SMILES string of the molecule is C[C@H]1[C@H]2OC(C)(C)O[C@H]2[C@H]([C@H](O)CO)N1C(=O)OCc1ccccc1. The predicted octanol–water partition coefficient (Wildman–Crippen LogP) is 1.27. The Balaban J connectivity index is 1.75. The molecule has 0 spiro atoms. The number of aliphatic hydroxyl groups excluding tert-OH is 2. The van der Waals surface area contributed by atoms with Gasteiger partial charge in [0.25, 0.3) is 0 Å². The molecule has 138 valence electrons. The summed E-state index contributed by atoms with van der Waals surface area (Å²) in [5, 5.41) is 19.7. The third-order valence-corrected chi connectivity index (χ3v) is 4.73. The van der Waals surface area contributed by atoms with Crippen molar-refractivity contribution in [3.63, 3.8) is 0 Å². The summed E-state index contributed by atoms with van der Waals surface area (Å²) in [6, 6.07) is 8.28. The average molecular weight is 351 g/mol. The van der Waals surface area contributed by atoms with Gasteiger partial charge in [0.1, 0.15) is 24.9 Å². The molecule has 1 aromatic carbocycles. The zero-order chi connectivity index (χ0) is 18.2. The van der Waals surface area contributed by atoms with Gasteiger partial charge in [0, 0.05) is 0 Å². The second kappa shape index (κ2) is 6.92. The summed E-state index contributed by atoms with van der Waals surface area (Å²) in [5.74, 6) is -0.795. The first-order valence-electron chi connectivity index (χ1n) is 8.47.